The van der Waals surface area contributed by atoms with E-state index in [2.05, 4.69) is 19.4 Å². The van der Waals surface area contributed by atoms with Crippen LogP contribution in [0.15, 0.2) is 66.7 Å². The minimum atomic E-state index is -0.285. The van der Waals surface area contributed by atoms with E-state index >= 15 is 0 Å². The number of anilines is 2. The number of benzene rings is 3. The van der Waals surface area contributed by atoms with E-state index in [1.807, 2.05) is 0 Å². The first-order chi connectivity index (χ1) is 13.6. The van der Waals surface area contributed by atoms with Crippen LogP contribution < -0.4 is 10.6 Å². The number of carbonyl (C=O) groups is 2. The molecule has 4 rings (SSSR count). The molecule has 0 unspecified atom stereocenters. The fourth-order valence-electron chi connectivity index (χ4n) is 2.63. The van der Waals surface area contributed by atoms with Crippen molar-refractivity contribution in [2.75, 3.05) is 10.6 Å². The number of fused-ring (bicyclic) bond motifs is 1. The molecule has 0 atom stereocenters. The van der Waals surface area contributed by atoms with Crippen molar-refractivity contribution in [1.82, 2.24) is 8.75 Å². The zero-order valence-corrected chi connectivity index (χ0v) is 15.9. The number of hydrogen-bond acceptors (Lipinski definition) is 5. The van der Waals surface area contributed by atoms with E-state index in [0.717, 1.165) is 17.2 Å². The highest BCUT2D eigenvalue weighted by molar-refractivity contribution is 7.00. The molecule has 0 fully saturated rings. The van der Waals surface area contributed by atoms with Crippen molar-refractivity contribution in [3.8, 4) is 0 Å². The van der Waals surface area contributed by atoms with Gasteiger partial charge in [-0.25, -0.2) is 0 Å². The van der Waals surface area contributed by atoms with Crippen LogP contribution in [0.4, 0.5) is 11.4 Å². The molecule has 0 saturated heterocycles. The standard InChI is InChI=1S/C20H13ClN4O2S/c21-14-4-1-3-12(9-14)19(26)22-15-5-2-6-16(11-15)23-20(27)13-7-8-17-18(10-13)25-28-24-17/h1-11H,(H,22,26)(H,23,27). The Morgan fingerprint density at radius 2 is 1.39 bits per heavy atom. The Morgan fingerprint density at radius 3 is 2.11 bits per heavy atom. The van der Waals surface area contributed by atoms with E-state index in [9.17, 15) is 9.59 Å². The van der Waals surface area contributed by atoms with Crippen LogP contribution in [-0.4, -0.2) is 20.6 Å². The largest absolute Gasteiger partial charge is 0.322 e. The lowest BCUT2D eigenvalue weighted by Crippen LogP contribution is -2.14. The SMILES string of the molecule is O=C(Nc1cccc(NC(=O)c2ccc3nsnc3c2)c1)c1cccc(Cl)c1. The Balaban J connectivity index is 1.48. The van der Waals surface area contributed by atoms with Crippen LogP contribution in [-0.2, 0) is 0 Å². The van der Waals surface area contributed by atoms with Crippen LogP contribution in [0.2, 0.25) is 5.02 Å². The van der Waals surface area contributed by atoms with Gasteiger partial charge in [0.1, 0.15) is 11.0 Å². The number of hydrogen-bond donors (Lipinski definition) is 2. The lowest BCUT2D eigenvalue weighted by molar-refractivity contribution is 0.101. The predicted molar refractivity (Wildman–Crippen MR) is 111 cm³/mol. The van der Waals surface area contributed by atoms with Crippen LogP contribution in [0.3, 0.4) is 0 Å². The van der Waals surface area contributed by atoms with E-state index in [1.54, 1.807) is 66.7 Å². The van der Waals surface area contributed by atoms with E-state index < -0.39 is 0 Å². The third-order valence-corrected chi connectivity index (χ3v) is 4.77. The summed E-state index contributed by atoms with van der Waals surface area (Å²) in [5, 5.41) is 6.10. The van der Waals surface area contributed by atoms with Gasteiger partial charge in [0.2, 0.25) is 0 Å². The van der Waals surface area contributed by atoms with Gasteiger partial charge in [0.05, 0.1) is 11.7 Å². The van der Waals surface area contributed by atoms with Gasteiger partial charge < -0.3 is 10.6 Å². The van der Waals surface area contributed by atoms with Crippen molar-refractivity contribution < 1.29 is 9.59 Å². The smallest absolute Gasteiger partial charge is 0.255 e. The van der Waals surface area contributed by atoms with E-state index in [0.29, 0.717) is 33.0 Å². The molecule has 2 amide bonds. The fraction of sp³-hybridized carbons (Fsp3) is 0. The molecule has 4 aromatic rings. The molecule has 1 heterocycles. The van der Waals surface area contributed by atoms with Crippen LogP contribution in [0.5, 0.6) is 0 Å². The highest BCUT2D eigenvalue weighted by atomic mass is 35.5. The molecule has 6 nitrogen and oxygen atoms in total. The number of nitrogens with one attached hydrogen (secondary N) is 2. The molecule has 0 bridgehead atoms. The molecule has 3 aromatic carbocycles. The number of carbonyl (C=O) groups excluding carboxylic acids is 2. The first-order valence-corrected chi connectivity index (χ1v) is 9.40. The van der Waals surface area contributed by atoms with Crippen molar-refractivity contribution in [3.63, 3.8) is 0 Å². The molecule has 138 valence electrons. The highest BCUT2D eigenvalue weighted by Crippen LogP contribution is 2.19. The average molecular weight is 409 g/mol. The average Bonchev–Trinajstić information content (AvgIpc) is 3.16. The lowest BCUT2D eigenvalue weighted by atomic mass is 10.1. The Kier molecular flexibility index (Phi) is 5.01. The second-order valence-electron chi connectivity index (χ2n) is 5.97. The van der Waals surface area contributed by atoms with Gasteiger partial charge in [-0.1, -0.05) is 23.7 Å². The first kappa shape index (κ1) is 18.1. The number of nitrogens with zero attached hydrogens (tertiary/aromatic N) is 2. The van der Waals surface area contributed by atoms with E-state index in [-0.39, 0.29) is 11.8 Å². The van der Waals surface area contributed by atoms with Gasteiger partial charge in [0, 0.05) is 27.5 Å². The fourth-order valence-corrected chi connectivity index (χ4v) is 3.34. The summed E-state index contributed by atoms with van der Waals surface area (Å²) in [6.07, 6.45) is 0. The molecule has 0 radical (unpaired) electrons. The summed E-state index contributed by atoms with van der Waals surface area (Å²) >= 11 is 7.03. The Hall–Kier alpha value is -3.29. The maximum absolute atomic E-state index is 12.5. The van der Waals surface area contributed by atoms with Gasteiger partial charge in [-0.05, 0) is 54.6 Å². The second kappa shape index (κ2) is 7.75. The van der Waals surface area contributed by atoms with Gasteiger partial charge in [0.15, 0.2) is 0 Å². The minimum Gasteiger partial charge on any atom is -0.322 e. The summed E-state index contributed by atoms with van der Waals surface area (Å²) in [7, 11) is 0. The number of amides is 2. The maximum atomic E-state index is 12.5. The monoisotopic (exact) mass is 408 g/mol. The van der Waals surface area contributed by atoms with Gasteiger partial charge in [-0.3, -0.25) is 9.59 Å². The maximum Gasteiger partial charge on any atom is 0.255 e. The first-order valence-electron chi connectivity index (χ1n) is 8.29. The quantitative estimate of drug-likeness (QED) is 0.505. The molecule has 8 heteroatoms. The van der Waals surface area contributed by atoms with E-state index in [4.69, 9.17) is 11.6 Å². The molecule has 0 spiro atoms. The third-order valence-electron chi connectivity index (χ3n) is 3.98. The number of rotatable bonds is 4. The molecule has 0 aliphatic heterocycles. The minimum absolute atomic E-state index is 0.270. The van der Waals surface area contributed by atoms with E-state index in [1.165, 1.54) is 0 Å². The molecule has 0 aliphatic rings. The van der Waals surface area contributed by atoms with Crippen LogP contribution in [0.1, 0.15) is 20.7 Å². The van der Waals surface area contributed by atoms with Crippen molar-refractivity contribution in [2.45, 2.75) is 0 Å². The summed E-state index contributed by atoms with van der Waals surface area (Å²) < 4.78 is 8.27. The number of halogens is 1. The summed E-state index contributed by atoms with van der Waals surface area (Å²) in [5.41, 5.74) is 3.49. The second-order valence-corrected chi connectivity index (χ2v) is 6.93. The van der Waals surface area contributed by atoms with Crippen molar-refractivity contribution >= 4 is 57.6 Å². The molecular weight excluding hydrogens is 396 g/mol. The summed E-state index contributed by atoms with van der Waals surface area (Å²) in [6.45, 7) is 0. The van der Waals surface area contributed by atoms with Crippen LogP contribution in [0.25, 0.3) is 11.0 Å². The summed E-state index contributed by atoms with van der Waals surface area (Å²) in [4.78, 5) is 24.9. The molecule has 2 N–H and O–H groups in total. The third kappa shape index (κ3) is 4.00. The topological polar surface area (TPSA) is 84.0 Å². The predicted octanol–water partition coefficient (Wildman–Crippen LogP) is 4.85. The van der Waals surface area contributed by atoms with Crippen molar-refractivity contribution in [1.29, 1.82) is 0 Å². The summed E-state index contributed by atoms with van der Waals surface area (Å²) in [5.74, 6) is -0.555. The molecule has 28 heavy (non-hydrogen) atoms. The van der Waals surface area contributed by atoms with Gasteiger partial charge in [0.25, 0.3) is 11.8 Å². The molecular formula is C20H13ClN4O2S. The Labute approximate surface area is 169 Å². The highest BCUT2D eigenvalue weighted by Gasteiger charge is 2.10. The van der Waals surface area contributed by atoms with Gasteiger partial charge in [-0.15, -0.1) is 0 Å². The molecule has 1 aromatic heterocycles. The van der Waals surface area contributed by atoms with Crippen molar-refractivity contribution in [2.24, 2.45) is 0 Å². The normalized spacial score (nSPS) is 10.6. The van der Waals surface area contributed by atoms with Gasteiger partial charge in [-0.2, -0.15) is 8.75 Å². The zero-order valence-electron chi connectivity index (χ0n) is 14.3. The number of aromatic nitrogens is 2. The van der Waals surface area contributed by atoms with Gasteiger partial charge >= 0.3 is 0 Å². The Morgan fingerprint density at radius 1 is 0.750 bits per heavy atom. The lowest BCUT2D eigenvalue weighted by Gasteiger charge is -2.09. The zero-order chi connectivity index (χ0) is 19.5. The van der Waals surface area contributed by atoms with Crippen LogP contribution >= 0.6 is 23.3 Å². The van der Waals surface area contributed by atoms with Crippen LogP contribution in [0, 0.1) is 0 Å². The molecule has 0 saturated carbocycles. The summed E-state index contributed by atoms with van der Waals surface area (Å²) in [6, 6.07) is 18.7. The van der Waals surface area contributed by atoms with Crippen molar-refractivity contribution in [3.05, 3.63) is 82.9 Å². The Bertz CT molecular complexity index is 1190. The molecule has 0 aliphatic carbocycles.